The van der Waals surface area contributed by atoms with Gasteiger partial charge in [0.05, 0.1) is 18.1 Å². The third-order valence-electron chi connectivity index (χ3n) is 5.28. The molecule has 0 spiro atoms. The molecule has 2 heterocycles. The number of hydrogen-bond acceptors (Lipinski definition) is 4. The van der Waals surface area contributed by atoms with Crippen molar-refractivity contribution in [1.29, 1.82) is 0 Å². The van der Waals surface area contributed by atoms with Crippen LogP contribution in [0.3, 0.4) is 0 Å². The Balaban J connectivity index is 1.33. The fraction of sp³-hybridized carbons (Fsp3) is 0.381. The van der Waals surface area contributed by atoms with E-state index in [1.54, 1.807) is 7.11 Å². The summed E-state index contributed by atoms with van der Waals surface area (Å²) >= 11 is 0. The number of imidazole rings is 1. The van der Waals surface area contributed by atoms with Crippen LogP contribution in [0.1, 0.15) is 18.9 Å². The highest BCUT2D eigenvalue weighted by Crippen LogP contribution is 2.27. The van der Waals surface area contributed by atoms with E-state index < -0.39 is 0 Å². The highest BCUT2D eigenvalue weighted by atomic mass is 16.5. The number of benzene rings is 2. The van der Waals surface area contributed by atoms with E-state index in [1.807, 2.05) is 53.1 Å². The second kappa shape index (κ2) is 7.88. The molecule has 2 aromatic carbocycles. The summed E-state index contributed by atoms with van der Waals surface area (Å²) in [7, 11) is 1.65. The number of rotatable bonds is 6. The molecule has 0 radical (unpaired) electrons. The van der Waals surface area contributed by atoms with E-state index in [4.69, 9.17) is 9.47 Å². The number of hydrogen-bond donors (Lipinski definition) is 1. The summed E-state index contributed by atoms with van der Waals surface area (Å²) in [4.78, 5) is 17.7. The second-order valence-electron chi connectivity index (χ2n) is 6.89. The predicted molar refractivity (Wildman–Crippen MR) is 106 cm³/mol. The molecule has 0 amide bonds. The third kappa shape index (κ3) is 3.71. The SMILES string of the molecule is COc1ccccc1OCCN1CCC(n2c(=O)[nH]c3ccccc32)CC1. The molecular weight excluding hydrogens is 342 g/mol. The minimum atomic E-state index is -0.00541. The summed E-state index contributed by atoms with van der Waals surface area (Å²) in [6, 6.07) is 15.9. The van der Waals surface area contributed by atoms with E-state index >= 15 is 0 Å². The van der Waals surface area contributed by atoms with E-state index in [0.29, 0.717) is 6.61 Å². The summed E-state index contributed by atoms with van der Waals surface area (Å²) in [5, 5.41) is 0. The molecule has 1 aliphatic rings. The van der Waals surface area contributed by atoms with Gasteiger partial charge >= 0.3 is 5.69 Å². The van der Waals surface area contributed by atoms with Gasteiger partial charge in [-0.2, -0.15) is 0 Å². The number of ether oxygens (including phenoxy) is 2. The maximum Gasteiger partial charge on any atom is 0.326 e. The Labute approximate surface area is 158 Å². The molecule has 1 aromatic heterocycles. The predicted octanol–water partition coefficient (Wildman–Crippen LogP) is 3.05. The molecule has 0 atom stereocenters. The quantitative estimate of drug-likeness (QED) is 0.727. The van der Waals surface area contributed by atoms with Crippen LogP contribution in [-0.4, -0.2) is 47.8 Å². The Morgan fingerprint density at radius 2 is 1.74 bits per heavy atom. The number of aromatic nitrogens is 2. The molecule has 0 aliphatic carbocycles. The van der Waals surface area contributed by atoms with Gasteiger partial charge in [0, 0.05) is 25.7 Å². The van der Waals surface area contributed by atoms with Crippen LogP contribution in [0.15, 0.2) is 53.3 Å². The zero-order valence-corrected chi connectivity index (χ0v) is 15.6. The molecular formula is C21H25N3O3. The van der Waals surface area contributed by atoms with Crippen molar-refractivity contribution in [3.8, 4) is 11.5 Å². The molecule has 3 aromatic rings. The Hall–Kier alpha value is -2.73. The van der Waals surface area contributed by atoms with Gasteiger partial charge in [0.1, 0.15) is 6.61 Å². The lowest BCUT2D eigenvalue weighted by Crippen LogP contribution is -2.38. The van der Waals surface area contributed by atoms with Gasteiger partial charge in [0.2, 0.25) is 0 Å². The number of likely N-dealkylation sites (tertiary alicyclic amines) is 1. The third-order valence-corrected chi connectivity index (χ3v) is 5.28. The van der Waals surface area contributed by atoms with Crippen LogP contribution in [0.25, 0.3) is 11.0 Å². The summed E-state index contributed by atoms with van der Waals surface area (Å²) in [6.07, 6.45) is 1.94. The van der Waals surface area contributed by atoms with Gasteiger partial charge in [0.25, 0.3) is 0 Å². The van der Waals surface area contributed by atoms with Crippen LogP contribution in [0.5, 0.6) is 11.5 Å². The van der Waals surface area contributed by atoms with Gasteiger partial charge in [-0.05, 0) is 37.1 Å². The van der Waals surface area contributed by atoms with E-state index in [0.717, 1.165) is 55.0 Å². The highest BCUT2D eigenvalue weighted by molar-refractivity contribution is 5.75. The van der Waals surface area contributed by atoms with E-state index in [-0.39, 0.29) is 11.7 Å². The van der Waals surface area contributed by atoms with E-state index in [1.165, 1.54) is 0 Å². The normalized spacial score (nSPS) is 15.9. The van der Waals surface area contributed by atoms with Crippen molar-refractivity contribution >= 4 is 11.0 Å². The van der Waals surface area contributed by atoms with Crippen LogP contribution in [-0.2, 0) is 0 Å². The van der Waals surface area contributed by atoms with Gasteiger partial charge < -0.3 is 14.5 Å². The average molecular weight is 367 g/mol. The summed E-state index contributed by atoms with van der Waals surface area (Å²) in [5.74, 6) is 1.54. The first kappa shape index (κ1) is 17.7. The fourth-order valence-corrected chi connectivity index (χ4v) is 3.86. The highest BCUT2D eigenvalue weighted by Gasteiger charge is 2.23. The zero-order valence-electron chi connectivity index (χ0n) is 15.6. The second-order valence-corrected chi connectivity index (χ2v) is 6.89. The first-order valence-corrected chi connectivity index (χ1v) is 9.43. The lowest BCUT2D eigenvalue weighted by atomic mass is 10.0. The standard InChI is InChI=1S/C21H25N3O3/c1-26-19-8-4-5-9-20(19)27-15-14-23-12-10-16(11-13-23)24-18-7-3-2-6-17(18)22-21(24)25/h2-9,16H,10-15H2,1H3,(H,22,25). The molecule has 1 fully saturated rings. The Bertz CT molecular complexity index is 954. The average Bonchev–Trinajstić information content (AvgIpc) is 3.04. The van der Waals surface area contributed by atoms with Crippen LogP contribution in [0.2, 0.25) is 0 Å². The summed E-state index contributed by atoms with van der Waals surface area (Å²) in [5.41, 5.74) is 1.91. The molecule has 4 rings (SSSR count). The van der Waals surface area contributed by atoms with E-state index in [2.05, 4.69) is 9.88 Å². The van der Waals surface area contributed by atoms with Gasteiger partial charge in [-0.1, -0.05) is 24.3 Å². The molecule has 1 saturated heterocycles. The molecule has 6 heteroatoms. The van der Waals surface area contributed by atoms with Crippen molar-refractivity contribution in [2.24, 2.45) is 0 Å². The van der Waals surface area contributed by atoms with Gasteiger partial charge in [-0.3, -0.25) is 9.47 Å². The first-order valence-electron chi connectivity index (χ1n) is 9.43. The van der Waals surface area contributed by atoms with Crippen molar-refractivity contribution in [3.05, 3.63) is 59.0 Å². The molecule has 0 saturated carbocycles. The maximum absolute atomic E-state index is 12.4. The molecule has 0 bridgehead atoms. The van der Waals surface area contributed by atoms with Gasteiger partial charge in [0.15, 0.2) is 11.5 Å². The molecule has 142 valence electrons. The number of fused-ring (bicyclic) bond motifs is 1. The Morgan fingerprint density at radius 3 is 2.52 bits per heavy atom. The van der Waals surface area contributed by atoms with Crippen molar-refractivity contribution in [2.75, 3.05) is 33.4 Å². The van der Waals surface area contributed by atoms with Crippen molar-refractivity contribution in [2.45, 2.75) is 18.9 Å². The fourth-order valence-electron chi connectivity index (χ4n) is 3.86. The van der Waals surface area contributed by atoms with Crippen molar-refractivity contribution in [1.82, 2.24) is 14.5 Å². The minimum Gasteiger partial charge on any atom is -0.493 e. The van der Waals surface area contributed by atoms with Gasteiger partial charge in [-0.15, -0.1) is 0 Å². The van der Waals surface area contributed by atoms with Crippen LogP contribution < -0.4 is 15.2 Å². The van der Waals surface area contributed by atoms with Crippen LogP contribution >= 0.6 is 0 Å². The summed E-state index contributed by atoms with van der Waals surface area (Å²) in [6.45, 7) is 3.42. The number of aromatic amines is 1. The van der Waals surface area contributed by atoms with Gasteiger partial charge in [-0.25, -0.2) is 4.79 Å². The largest absolute Gasteiger partial charge is 0.493 e. The maximum atomic E-state index is 12.4. The number of nitrogens with one attached hydrogen (secondary N) is 1. The lowest BCUT2D eigenvalue weighted by Gasteiger charge is -2.32. The molecule has 0 unspecified atom stereocenters. The monoisotopic (exact) mass is 367 g/mol. The lowest BCUT2D eigenvalue weighted by molar-refractivity contribution is 0.155. The zero-order chi connectivity index (χ0) is 18.6. The number of nitrogens with zero attached hydrogens (tertiary/aromatic N) is 2. The first-order chi connectivity index (χ1) is 13.3. The number of para-hydroxylation sites is 4. The minimum absolute atomic E-state index is 0.00541. The topological polar surface area (TPSA) is 59.5 Å². The van der Waals surface area contributed by atoms with Crippen molar-refractivity contribution < 1.29 is 9.47 Å². The van der Waals surface area contributed by atoms with Crippen LogP contribution in [0.4, 0.5) is 0 Å². The number of piperidine rings is 1. The smallest absolute Gasteiger partial charge is 0.326 e. The Morgan fingerprint density at radius 1 is 1.04 bits per heavy atom. The molecule has 1 N–H and O–H groups in total. The number of methoxy groups -OCH3 is 1. The molecule has 1 aliphatic heterocycles. The molecule has 6 nitrogen and oxygen atoms in total. The number of H-pyrrole nitrogens is 1. The molecule has 27 heavy (non-hydrogen) atoms. The summed E-state index contributed by atoms with van der Waals surface area (Å²) < 4.78 is 13.1. The van der Waals surface area contributed by atoms with Crippen LogP contribution in [0, 0.1) is 0 Å². The Kier molecular flexibility index (Phi) is 5.16. The van der Waals surface area contributed by atoms with E-state index in [9.17, 15) is 4.79 Å². The van der Waals surface area contributed by atoms with Crippen molar-refractivity contribution in [3.63, 3.8) is 0 Å².